The van der Waals surface area contributed by atoms with E-state index in [4.69, 9.17) is 0 Å². The molecule has 0 aliphatic rings. The van der Waals surface area contributed by atoms with Gasteiger partial charge in [-0.1, -0.05) is 31.2 Å². The normalized spacial score (nSPS) is 10.9. The van der Waals surface area contributed by atoms with Crippen LogP contribution in [0.4, 0.5) is 5.69 Å². The molecule has 4 rings (SSSR count). The van der Waals surface area contributed by atoms with Crippen molar-refractivity contribution in [2.45, 2.75) is 47.2 Å². The third kappa shape index (κ3) is 5.91. The van der Waals surface area contributed by atoms with Crippen LogP contribution in [0.25, 0.3) is 0 Å². The number of hydrogen-bond donors (Lipinski definition) is 1. The number of nitrogens with one attached hydrogen (secondary N) is 1. The molecule has 2 aromatic carbocycles. The number of hydrogen-bond acceptors (Lipinski definition) is 4. The topological polar surface area (TPSA) is 67.2 Å². The van der Waals surface area contributed by atoms with Gasteiger partial charge in [-0.2, -0.15) is 0 Å². The number of benzene rings is 2. The molecule has 7 heteroatoms. The number of nitrogens with zero attached hydrogens (tertiary/aromatic N) is 3. The second kappa shape index (κ2) is 11.4. The Hall–Kier alpha value is -3.71. The van der Waals surface area contributed by atoms with E-state index in [0.29, 0.717) is 25.3 Å². The maximum Gasteiger partial charge on any atom is 0.275 e. The molecule has 0 unspecified atom stereocenters. The van der Waals surface area contributed by atoms with Crippen LogP contribution in [0.2, 0.25) is 0 Å². The Bertz CT molecular complexity index is 1370. The van der Waals surface area contributed by atoms with Crippen LogP contribution >= 0.6 is 11.3 Å². The number of rotatable bonds is 9. The van der Waals surface area contributed by atoms with E-state index in [9.17, 15) is 9.59 Å². The molecule has 2 aromatic heterocycles. The first kappa shape index (κ1) is 25.4. The number of aromatic nitrogens is 2. The van der Waals surface area contributed by atoms with Gasteiger partial charge in [0, 0.05) is 35.1 Å². The molecule has 186 valence electrons. The number of anilines is 1. The molecule has 6 nitrogen and oxygen atoms in total. The molecule has 0 bridgehead atoms. The van der Waals surface area contributed by atoms with Crippen molar-refractivity contribution in [3.05, 3.63) is 105 Å². The molecule has 0 saturated heterocycles. The fourth-order valence-electron chi connectivity index (χ4n) is 4.10. The van der Waals surface area contributed by atoms with E-state index < -0.39 is 0 Å². The predicted molar refractivity (Wildman–Crippen MR) is 146 cm³/mol. The van der Waals surface area contributed by atoms with Crippen LogP contribution in [0.15, 0.2) is 66.2 Å². The highest BCUT2D eigenvalue weighted by Crippen LogP contribution is 2.19. The van der Waals surface area contributed by atoms with Gasteiger partial charge in [-0.15, -0.1) is 11.3 Å². The summed E-state index contributed by atoms with van der Waals surface area (Å²) < 4.78 is 2.09. The van der Waals surface area contributed by atoms with E-state index in [1.807, 2.05) is 86.5 Å². The van der Waals surface area contributed by atoms with Gasteiger partial charge in [-0.05, 0) is 74.2 Å². The van der Waals surface area contributed by atoms with Crippen molar-refractivity contribution in [2.75, 3.05) is 11.9 Å². The number of amides is 2. The van der Waals surface area contributed by atoms with Crippen LogP contribution < -0.4 is 5.32 Å². The highest BCUT2D eigenvalue weighted by molar-refractivity contribution is 7.09. The quantitative estimate of drug-likeness (QED) is 0.297. The highest BCUT2D eigenvalue weighted by atomic mass is 32.1. The van der Waals surface area contributed by atoms with Gasteiger partial charge in [0.25, 0.3) is 11.8 Å². The van der Waals surface area contributed by atoms with Crippen molar-refractivity contribution in [1.82, 2.24) is 14.5 Å². The first-order valence-electron chi connectivity index (χ1n) is 12.2. The highest BCUT2D eigenvalue weighted by Gasteiger charge is 2.19. The third-order valence-electron chi connectivity index (χ3n) is 6.29. The smallest absolute Gasteiger partial charge is 0.275 e. The van der Waals surface area contributed by atoms with Crippen LogP contribution in [-0.4, -0.2) is 32.8 Å². The third-order valence-corrected chi connectivity index (χ3v) is 7.12. The first-order valence-corrected chi connectivity index (χ1v) is 13.1. The number of thiazole rings is 1. The van der Waals surface area contributed by atoms with Crippen molar-refractivity contribution in [1.29, 1.82) is 0 Å². The van der Waals surface area contributed by atoms with Gasteiger partial charge < -0.3 is 14.8 Å². The summed E-state index contributed by atoms with van der Waals surface area (Å²) in [5.41, 5.74) is 6.23. The second-order valence-electron chi connectivity index (χ2n) is 9.05. The van der Waals surface area contributed by atoms with E-state index in [1.165, 1.54) is 16.9 Å². The lowest BCUT2D eigenvalue weighted by molar-refractivity contribution is 0.0738. The van der Waals surface area contributed by atoms with Crippen molar-refractivity contribution in [3.63, 3.8) is 0 Å². The van der Waals surface area contributed by atoms with Crippen LogP contribution in [-0.2, 0) is 13.1 Å². The molecule has 0 aliphatic carbocycles. The van der Waals surface area contributed by atoms with E-state index in [1.54, 1.807) is 5.38 Å². The van der Waals surface area contributed by atoms with Gasteiger partial charge >= 0.3 is 0 Å². The number of carbonyl (C=O) groups excluding carboxylic acids is 2. The lowest BCUT2D eigenvalue weighted by Crippen LogP contribution is -2.32. The lowest BCUT2D eigenvalue weighted by Gasteiger charge is -2.24. The Morgan fingerprint density at radius 2 is 1.81 bits per heavy atom. The molecule has 0 aliphatic heterocycles. The molecule has 0 spiro atoms. The van der Waals surface area contributed by atoms with Gasteiger partial charge in [0.2, 0.25) is 0 Å². The summed E-state index contributed by atoms with van der Waals surface area (Å²) in [7, 11) is 0. The summed E-state index contributed by atoms with van der Waals surface area (Å²) in [6, 6.07) is 17.6. The molecule has 1 N–H and O–H groups in total. The Labute approximate surface area is 216 Å². The molecule has 2 heterocycles. The molecule has 0 atom stereocenters. The zero-order chi connectivity index (χ0) is 25.7. The largest absolute Gasteiger partial charge is 0.343 e. The van der Waals surface area contributed by atoms with Crippen LogP contribution in [0.5, 0.6) is 0 Å². The van der Waals surface area contributed by atoms with Gasteiger partial charge in [0.05, 0.1) is 13.1 Å². The van der Waals surface area contributed by atoms with Gasteiger partial charge in [0.1, 0.15) is 10.7 Å². The van der Waals surface area contributed by atoms with Crippen LogP contribution in [0.1, 0.15) is 61.6 Å². The molecular formula is C29H32N4O2S. The predicted octanol–water partition coefficient (Wildman–Crippen LogP) is 6.22. The molecule has 0 fully saturated rings. The van der Waals surface area contributed by atoms with Gasteiger partial charge in [-0.25, -0.2) is 4.98 Å². The van der Waals surface area contributed by atoms with Crippen molar-refractivity contribution < 1.29 is 9.59 Å². The summed E-state index contributed by atoms with van der Waals surface area (Å²) in [5, 5.41) is 5.57. The average molecular weight is 501 g/mol. The summed E-state index contributed by atoms with van der Waals surface area (Å²) in [5.74, 6) is -0.173. The van der Waals surface area contributed by atoms with E-state index in [2.05, 4.69) is 21.8 Å². The average Bonchev–Trinajstić information content (AvgIpc) is 3.51. The minimum Gasteiger partial charge on any atom is -0.343 e. The maximum absolute atomic E-state index is 13.3. The second-order valence-corrected chi connectivity index (χ2v) is 9.99. The Morgan fingerprint density at radius 3 is 2.56 bits per heavy atom. The molecule has 36 heavy (non-hydrogen) atoms. The molecule has 2 amide bonds. The molecule has 0 saturated carbocycles. The summed E-state index contributed by atoms with van der Waals surface area (Å²) in [6.45, 7) is 9.86. The Kier molecular flexibility index (Phi) is 8.00. The van der Waals surface area contributed by atoms with E-state index >= 15 is 0 Å². The van der Waals surface area contributed by atoms with E-state index in [0.717, 1.165) is 39.5 Å². The molecule has 0 radical (unpaired) electrons. The zero-order valence-electron chi connectivity index (χ0n) is 21.2. The first-order chi connectivity index (χ1) is 17.4. The summed E-state index contributed by atoms with van der Waals surface area (Å²) in [6.07, 6.45) is 2.87. The van der Waals surface area contributed by atoms with Crippen LogP contribution in [0.3, 0.4) is 0 Å². The minimum absolute atomic E-state index is 0.0437. The van der Waals surface area contributed by atoms with Crippen LogP contribution in [0, 0.1) is 20.8 Å². The van der Waals surface area contributed by atoms with Gasteiger partial charge in [0.15, 0.2) is 0 Å². The summed E-state index contributed by atoms with van der Waals surface area (Å²) in [4.78, 5) is 32.5. The molecular weight excluding hydrogens is 468 g/mol. The summed E-state index contributed by atoms with van der Waals surface area (Å²) >= 11 is 1.46. The maximum atomic E-state index is 13.3. The number of aryl methyl sites for hydroxylation is 3. The Balaban J connectivity index is 1.45. The SMILES string of the molecule is CCCN(Cc1cccn1Cc1nc(C(=O)Nc2ccc(C)c(C)c2)cs1)C(=O)c1ccccc1C. The fraction of sp³-hybridized carbons (Fsp3) is 0.276. The lowest BCUT2D eigenvalue weighted by atomic mass is 10.1. The number of carbonyl (C=O) groups is 2. The Morgan fingerprint density at radius 1 is 1.00 bits per heavy atom. The minimum atomic E-state index is -0.216. The zero-order valence-corrected chi connectivity index (χ0v) is 22.1. The monoisotopic (exact) mass is 500 g/mol. The standard InChI is InChI=1S/C29H32N4O2S/c1-5-14-33(29(35)25-11-7-6-9-21(25)3)17-24-10-8-15-32(24)18-27-31-26(19-36-27)28(34)30-23-13-12-20(2)22(4)16-23/h6-13,15-16,19H,5,14,17-18H2,1-4H3,(H,30,34). The van der Waals surface area contributed by atoms with E-state index in [-0.39, 0.29) is 11.8 Å². The van der Waals surface area contributed by atoms with Crippen molar-refractivity contribution >= 4 is 28.8 Å². The molecule has 4 aromatic rings. The fourth-order valence-corrected chi connectivity index (χ4v) is 4.87. The van der Waals surface area contributed by atoms with Crippen molar-refractivity contribution in [3.8, 4) is 0 Å². The van der Waals surface area contributed by atoms with Gasteiger partial charge in [-0.3, -0.25) is 9.59 Å². The van der Waals surface area contributed by atoms with Crippen molar-refractivity contribution in [2.24, 2.45) is 0 Å².